The highest BCUT2D eigenvalue weighted by Gasteiger charge is 2.23. The molecule has 0 aliphatic heterocycles. The van der Waals surface area contributed by atoms with Gasteiger partial charge in [0.1, 0.15) is 0 Å². The summed E-state index contributed by atoms with van der Waals surface area (Å²) < 4.78 is 0. The third kappa shape index (κ3) is 4.57. The largest absolute Gasteiger partial charge is 0.313 e. The van der Waals surface area contributed by atoms with Crippen molar-refractivity contribution in [2.45, 2.75) is 53.0 Å². The fraction of sp³-hybridized carbons (Fsp3) is 0.500. The monoisotopic (exact) mass is 283 g/mol. The number of nitrogens with one attached hydrogen (secondary N) is 1. The second-order valence-corrected chi connectivity index (χ2v) is 7.09. The summed E-state index contributed by atoms with van der Waals surface area (Å²) in [5.74, 6) is 0. The lowest BCUT2D eigenvalue weighted by molar-refractivity contribution is 0.255. The van der Waals surface area contributed by atoms with Crippen molar-refractivity contribution in [1.29, 1.82) is 0 Å². The molecule has 1 unspecified atom stereocenters. The van der Waals surface area contributed by atoms with E-state index in [9.17, 15) is 0 Å². The van der Waals surface area contributed by atoms with Crippen LogP contribution >= 0.6 is 0 Å². The van der Waals surface area contributed by atoms with Gasteiger partial charge in [-0.25, -0.2) is 0 Å². The molecule has 0 aliphatic carbocycles. The van der Waals surface area contributed by atoms with Gasteiger partial charge in [-0.05, 0) is 47.6 Å². The molecule has 0 fully saturated rings. The van der Waals surface area contributed by atoms with Gasteiger partial charge < -0.3 is 5.32 Å². The second kappa shape index (κ2) is 7.09. The first-order valence-corrected chi connectivity index (χ1v) is 8.22. The zero-order valence-corrected chi connectivity index (χ0v) is 13.9. The van der Waals surface area contributed by atoms with Crippen LogP contribution in [0.15, 0.2) is 42.5 Å². The van der Waals surface area contributed by atoms with Gasteiger partial charge >= 0.3 is 0 Å². The highest BCUT2D eigenvalue weighted by molar-refractivity contribution is 5.82. The Hall–Kier alpha value is -1.34. The van der Waals surface area contributed by atoms with Crippen LogP contribution in [-0.2, 0) is 6.42 Å². The Labute approximate surface area is 129 Å². The van der Waals surface area contributed by atoms with Gasteiger partial charge in [0.25, 0.3) is 0 Å². The number of hydrogen-bond donors (Lipinski definition) is 1. The fourth-order valence-corrected chi connectivity index (χ4v) is 2.87. The molecule has 21 heavy (non-hydrogen) atoms. The Morgan fingerprint density at radius 3 is 2.38 bits per heavy atom. The number of fused-ring (bicyclic) bond motifs is 1. The Morgan fingerprint density at radius 1 is 1.00 bits per heavy atom. The van der Waals surface area contributed by atoms with Gasteiger partial charge in [-0.2, -0.15) is 0 Å². The normalized spacial score (nSPS) is 13.5. The zero-order chi connectivity index (χ0) is 15.3. The molecule has 0 aromatic heterocycles. The van der Waals surface area contributed by atoms with E-state index in [4.69, 9.17) is 0 Å². The summed E-state index contributed by atoms with van der Waals surface area (Å²) in [5.41, 5.74) is 1.76. The van der Waals surface area contributed by atoms with Gasteiger partial charge in [-0.15, -0.1) is 0 Å². The van der Waals surface area contributed by atoms with Crippen molar-refractivity contribution in [3.63, 3.8) is 0 Å². The maximum Gasteiger partial charge on any atom is 0.0119 e. The van der Waals surface area contributed by atoms with E-state index in [2.05, 4.69) is 75.5 Å². The number of benzene rings is 2. The molecule has 0 heterocycles. The standard InChI is InChI=1S/C20H29N/c1-5-14-21-19(20(2,3)4)13-11-16-10-12-17-8-6-7-9-18(17)15-16/h6-10,12,15,19,21H,5,11,13-14H2,1-4H3. The maximum atomic E-state index is 3.72. The van der Waals surface area contributed by atoms with Gasteiger partial charge in [0.15, 0.2) is 0 Å². The van der Waals surface area contributed by atoms with Crippen LogP contribution in [0.25, 0.3) is 10.8 Å². The molecular formula is C20H29N. The van der Waals surface area contributed by atoms with Crippen LogP contribution in [0.2, 0.25) is 0 Å². The van der Waals surface area contributed by atoms with E-state index in [0.717, 1.165) is 13.0 Å². The zero-order valence-electron chi connectivity index (χ0n) is 13.9. The predicted molar refractivity (Wildman–Crippen MR) is 93.8 cm³/mol. The van der Waals surface area contributed by atoms with Crippen LogP contribution in [-0.4, -0.2) is 12.6 Å². The van der Waals surface area contributed by atoms with Gasteiger partial charge in [0.05, 0.1) is 0 Å². The van der Waals surface area contributed by atoms with E-state index < -0.39 is 0 Å². The third-order valence-electron chi connectivity index (χ3n) is 4.22. The molecular weight excluding hydrogens is 254 g/mol. The first-order valence-electron chi connectivity index (χ1n) is 8.22. The summed E-state index contributed by atoms with van der Waals surface area (Å²) in [6.07, 6.45) is 3.54. The smallest absolute Gasteiger partial charge is 0.0119 e. The molecule has 1 nitrogen and oxygen atoms in total. The van der Waals surface area contributed by atoms with Crippen LogP contribution in [0.3, 0.4) is 0 Å². The second-order valence-electron chi connectivity index (χ2n) is 7.09. The lowest BCUT2D eigenvalue weighted by Crippen LogP contribution is -2.41. The number of hydrogen-bond acceptors (Lipinski definition) is 1. The summed E-state index contributed by atoms with van der Waals surface area (Å²) in [7, 11) is 0. The fourth-order valence-electron chi connectivity index (χ4n) is 2.87. The van der Waals surface area contributed by atoms with E-state index in [1.165, 1.54) is 29.2 Å². The van der Waals surface area contributed by atoms with Crippen LogP contribution in [0.5, 0.6) is 0 Å². The molecule has 1 heteroatoms. The molecule has 0 saturated heterocycles. The topological polar surface area (TPSA) is 12.0 Å². The summed E-state index contributed by atoms with van der Waals surface area (Å²) >= 11 is 0. The van der Waals surface area contributed by atoms with Crippen molar-refractivity contribution < 1.29 is 0 Å². The molecule has 1 atom stereocenters. The predicted octanol–water partition coefficient (Wildman–Crippen LogP) is 5.19. The van der Waals surface area contributed by atoms with Crippen molar-refractivity contribution in [3.8, 4) is 0 Å². The van der Waals surface area contributed by atoms with E-state index in [1.54, 1.807) is 0 Å². The molecule has 0 bridgehead atoms. The van der Waals surface area contributed by atoms with E-state index in [0.29, 0.717) is 11.5 Å². The minimum Gasteiger partial charge on any atom is -0.313 e. The highest BCUT2D eigenvalue weighted by atomic mass is 14.9. The first kappa shape index (κ1) is 16.0. The van der Waals surface area contributed by atoms with Crippen LogP contribution in [0.4, 0.5) is 0 Å². The van der Waals surface area contributed by atoms with E-state index in [1.807, 2.05) is 0 Å². The molecule has 0 saturated carbocycles. The molecule has 1 N–H and O–H groups in total. The maximum absolute atomic E-state index is 3.72. The van der Waals surface area contributed by atoms with Crippen molar-refractivity contribution in [2.75, 3.05) is 6.54 Å². The average molecular weight is 283 g/mol. The molecule has 0 spiro atoms. The molecule has 2 rings (SSSR count). The van der Waals surface area contributed by atoms with Crippen molar-refractivity contribution in [3.05, 3.63) is 48.0 Å². The molecule has 114 valence electrons. The van der Waals surface area contributed by atoms with Crippen molar-refractivity contribution >= 4 is 10.8 Å². The summed E-state index contributed by atoms with van der Waals surface area (Å²) in [6.45, 7) is 10.3. The lowest BCUT2D eigenvalue weighted by atomic mass is 9.83. The molecule has 2 aromatic rings. The number of rotatable bonds is 6. The van der Waals surface area contributed by atoms with E-state index in [-0.39, 0.29) is 0 Å². The van der Waals surface area contributed by atoms with Gasteiger partial charge in [0.2, 0.25) is 0 Å². The summed E-state index contributed by atoms with van der Waals surface area (Å²) in [6, 6.07) is 16.0. The Kier molecular flexibility index (Phi) is 5.41. The van der Waals surface area contributed by atoms with Crippen LogP contribution in [0, 0.1) is 5.41 Å². The average Bonchev–Trinajstić information content (AvgIpc) is 2.45. The number of aryl methyl sites for hydroxylation is 1. The minimum atomic E-state index is 0.312. The quantitative estimate of drug-likeness (QED) is 0.769. The summed E-state index contributed by atoms with van der Waals surface area (Å²) in [4.78, 5) is 0. The van der Waals surface area contributed by atoms with Gasteiger partial charge in [-0.1, -0.05) is 70.2 Å². The molecule has 0 amide bonds. The molecule has 0 aliphatic rings. The lowest BCUT2D eigenvalue weighted by Gasteiger charge is -2.32. The first-order chi connectivity index (χ1) is 10.0. The van der Waals surface area contributed by atoms with Crippen LogP contribution in [0.1, 0.15) is 46.1 Å². The Morgan fingerprint density at radius 2 is 1.71 bits per heavy atom. The SMILES string of the molecule is CCCNC(CCc1ccc2ccccc2c1)C(C)(C)C. The molecule has 2 aromatic carbocycles. The van der Waals surface area contributed by atoms with E-state index >= 15 is 0 Å². The Balaban J connectivity index is 2.04. The minimum absolute atomic E-state index is 0.312. The third-order valence-corrected chi connectivity index (χ3v) is 4.22. The van der Waals surface area contributed by atoms with Crippen molar-refractivity contribution in [2.24, 2.45) is 5.41 Å². The summed E-state index contributed by atoms with van der Waals surface area (Å²) in [5, 5.41) is 6.40. The Bertz CT molecular complexity index is 565. The molecule has 0 radical (unpaired) electrons. The van der Waals surface area contributed by atoms with Gasteiger partial charge in [0, 0.05) is 6.04 Å². The van der Waals surface area contributed by atoms with Crippen molar-refractivity contribution in [1.82, 2.24) is 5.32 Å². The van der Waals surface area contributed by atoms with Crippen LogP contribution < -0.4 is 5.32 Å². The van der Waals surface area contributed by atoms with Gasteiger partial charge in [-0.3, -0.25) is 0 Å². The highest BCUT2D eigenvalue weighted by Crippen LogP contribution is 2.24.